The van der Waals surface area contributed by atoms with Crippen molar-refractivity contribution < 1.29 is 4.42 Å². The molecule has 8 nitrogen and oxygen atoms in total. The predicted octanol–water partition coefficient (Wildman–Crippen LogP) is 12.2. The summed E-state index contributed by atoms with van der Waals surface area (Å²) in [5.74, 6) is 3.42. The van der Waals surface area contributed by atoms with Crippen LogP contribution >= 0.6 is 0 Å². The lowest BCUT2D eigenvalue weighted by atomic mass is 10.0. The number of aromatic nitrogens is 6. The number of benzene rings is 7. The van der Waals surface area contributed by atoms with E-state index in [1.54, 1.807) is 0 Å². The van der Waals surface area contributed by atoms with Gasteiger partial charge in [0.25, 0.3) is 0 Å². The average Bonchev–Trinajstić information content (AvgIpc) is 3.67. The molecule has 7 aromatic carbocycles. The Morgan fingerprint density at radius 2 is 0.737 bits per heavy atom. The predicted molar refractivity (Wildman–Crippen MR) is 225 cm³/mol. The smallest absolute Gasteiger partial charge is 0.194 e. The summed E-state index contributed by atoms with van der Waals surface area (Å²) in [4.78, 5) is 33.3. The molecule has 0 radical (unpaired) electrons. The van der Waals surface area contributed by atoms with Gasteiger partial charge in [-0.05, 0) is 41.5 Å². The first-order valence-corrected chi connectivity index (χ1v) is 18.4. The first-order valence-electron chi connectivity index (χ1n) is 18.4. The summed E-state index contributed by atoms with van der Waals surface area (Å²) in [6, 6.07) is 57.5. The second-order valence-electron chi connectivity index (χ2n) is 13.4. The summed E-state index contributed by atoms with van der Waals surface area (Å²) in [6.45, 7) is 7.60. The molecule has 0 aliphatic rings. The van der Waals surface area contributed by atoms with E-state index >= 15 is 0 Å². The molecule has 0 spiro atoms. The number of hydrogen-bond donors (Lipinski definition) is 0. The van der Waals surface area contributed by atoms with Crippen LogP contribution in [-0.4, -0.2) is 29.9 Å². The van der Waals surface area contributed by atoms with Gasteiger partial charge in [0.2, 0.25) is 0 Å². The van der Waals surface area contributed by atoms with Gasteiger partial charge in [0.1, 0.15) is 11.2 Å². The van der Waals surface area contributed by atoms with Crippen LogP contribution in [-0.2, 0) is 0 Å². The van der Waals surface area contributed by atoms with Gasteiger partial charge in [0, 0.05) is 44.2 Å². The fourth-order valence-corrected chi connectivity index (χ4v) is 6.96. The topological polar surface area (TPSA) is 94.8 Å². The third-order valence-corrected chi connectivity index (χ3v) is 9.83. The minimum atomic E-state index is 0.543. The highest BCUT2D eigenvalue weighted by Gasteiger charge is 2.17. The van der Waals surface area contributed by atoms with Gasteiger partial charge in [-0.3, -0.25) is 0 Å². The highest BCUT2D eigenvalue weighted by molar-refractivity contribution is 6.07. The maximum atomic E-state index is 7.60. The summed E-state index contributed by atoms with van der Waals surface area (Å²) in [7, 11) is 0. The van der Waals surface area contributed by atoms with Crippen molar-refractivity contribution in [3.63, 3.8) is 0 Å². The minimum absolute atomic E-state index is 0.543. The number of para-hydroxylation sites is 1. The molecule has 0 amide bonds. The van der Waals surface area contributed by atoms with Crippen molar-refractivity contribution in [1.29, 1.82) is 0 Å². The lowest BCUT2D eigenvalue weighted by molar-refractivity contribution is 0.669. The average molecular weight is 732 g/mol. The molecular weight excluding hydrogens is 703 g/mol. The number of fused-ring (bicyclic) bond motifs is 3. The molecule has 0 unspecified atom stereocenters. The van der Waals surface area contributed by atoms with Gasteiger partial charge >= 0.3 is 0 Å². The third kappa shape index (κ3) is 6.45. The van der Waals surface area contributed by atoms with Gasteiger partial charge in [0.15, 0.2) is 40.6 Å². The van der Waals surface area contributed by atoms with Crippen molar-refractivity contribution in [2.45, 2.75) is 0 Å². The Morgan fingerprint density at radius 1 is 0.333 bits per heavy atom. The molecule has 0 bridgehead atoms. The van der Waals surface area contributed by atoms with Gasteiger partial charge < -0.3 is 4.42 Å². The van der Waals surface area contributed by atoms with Crippen LogP contribution in [0.2, 0.25) is 0 Å². The monoisotopic (exact) mass is 731 g/mol. The Kier molecular flexibility index (Phi) is 8.36. The van der Waals surface area contributed by atoms with Crippen LogP contribution in [0, 0.1) is 6.57 Å². The Hall–Kier alpha value is -8.15. The molecule has 3 aromatic heterocycles. The van der Waals surface area contributed by atoms with E-state index in [9.17, 15) is 0 Å². The van der Waals surface area contributed by atoms with Gasteiger partial charge in [0.05, 0.1) is 6.57 Å². The quantitative estimate of drug-likeness (QED) is 0.151. The van der Waals surface area contributed by atoms with Gasteiger partial charge in [-0.1, -0.05) is 146 Å². The molecule has 8 heteroatoms. The van der Waals surface area contributed by atoms with E-state index in [2.05, 4.69) is 17.0 Å². The van der Waals surface area contributed by atoms with Crippen LogP contribution in [0.4, 0.5) is 5.69 Å². The first-order chi connectivity index (χ1) is 28.2. The van der Waals surface area contributed by atoms with E-state index in [0.717, 1.165) is 60.9 Å². The van der Waals surface area contributed by atoms with E-state index in [0.29, 0.717) is 46.2 Å². The SMILES string of the molecule is [C-]#[N+]c1ccccc1-c1ccc(-c2nc(-c3ccccc3)nc(-c3ccc4oc5cc(-c6nc(-c7ccccc7)nc(-c7ccccc7)n6)ccc5c4c3)n2)cc1. The molecule has 0 aliphatic heterocycles. The summed E-state index contributed by atoms with van der Waals surface area (Å²) in [6.07, 6.45) is 0. The first kappa shape index (κ1) is 33.4. The van der Waals surface area contributed by atoms with Crippen molar-refractivity contribution >= 4 is 27.6 Å². The van der Waals surface area contributed by atoms with E-state index in [-0.39, 0.29) is 0 Å². The summed E-state index contributed by atoms with van der Waals surface area (Å²) in [5, 5.41) is 1.88. The van der Waals surface area contributed by atoms with Gasteiger partial charge in [-0.15, -0.1) is 0 Å². The van der Waals surface area contributed by atoms with E-state index in [1.165, 1.54) is 0 Å². The van der Waals surface area contributed by atoms with Gasteiger partial charge in [-0.2, -0.15) is 0 Å². The standard InChI is InChI=1S/C49H29N7O/c1-50-41-20-12-11-19-38(41)31-21-23-35(24-22-31)47-52-46(34-17-9-4-10-18-34)53-48(56-47)36-26-28-42-40(29-36)39-27-25-37(30-43(39)57-42)49-54-44(32-13-5-2-6-14-32)51-45(55-49)33-15-7-3-8-16-33/h2-30H. The second-order valence-corrected chi connectivity index (χ2v) is 13.4. The zero-order valence-electron chi connectivity index (χ0n) is 30.3. The van der Waals surface area contributed by atoms with Crippen molar-refractivity contribution in [3.05, 3.63) is 187 Å². The molecule has 57 heavy (non-hydrogen) atoms. The maximum absolute atomic E-state index is 7.60. The van der Waals surface area contributed by atoms with Crippen LogP contribution in [0.5, 0.6) is 0 Å². The highest BCUT2D eigenvalue weighted by Crippen LogP contribution is 2.36. The zero-order valence-corrected chi connectivity index (χ0v) is 30.3. The van der Waals surface area contributed by atoms with Crippen LogP contribution in [0.3, 0.4) is 0 Å². The van der Waals surface area contributed by atoms with Crippen LogP contribution in [0.15, 0.2) is 180 Å². The second kappa shape index (κ2) is 14.3. The van der Waals surface area contributed by atoms with Crippen LogP contribution in [0.1, 0.15) is 0 Å². The molecule has 266 valence electrons. The summed E-state index contributed by atoms with van der Waals surface area (Å²) in [5.41, 5.74) is 9.09. The molecule has 10 rings (SSSR count). The molecule has 10 aromatic rings. The number of hydrogen-bond acceptors (Lipinski definition) is 7. The fourth-order valence-electron chi connectivity index (χ4n) is 6.96. The van der Waals surface area contributed by atoms with Crippen LogP contribution < -0.4 is 0 Å². The Bertz CT molecular complexity index is 3060. The Balaban J connectivity index is 1.05. The van der Waals surface area contributed by atoms with Crippen molar-refractivity contribution in [1.82, 2.24) is 29.9 Å². The van der Waals surface area contributed by atoms with E-state index in [1.807, 2.05) is 164 Å². The molecular formula is C49H29N7O. The number of rotatable bonds is 7. The van der Waals surface area contributed by atoms with Crippen molar-refractivity contribution in [3.8, 4) is 79.5 Å². The number of nitrogens with zero attached hydrogens (tertiary/aromatic N) is 7. The molecule has 0 N–H and O–H groups in total. The Labute approximate surface area is 327 Å². The third-order valence-electron chi connectivity index (χ3n) is 9.83. The van der Waals surface area contributed by atoms with Gasteiger partial charge in [-0.25, -0.2) is 34.7 Å². The lowest BCUT2D eigenvalue weighted by Crippen LogP contribution is -2.00. The molecule has 0 saturated carbocycles. The maximum Gasteiger partial charge on any atom is 0.194 e. The normalized spacial score (nSPS) is 11.1. The zero-order chi connectivity index (χ0) is 38.1. The molecule has 0 saturated heterocycles. The molecule has 0 aliphatic carbocycles. The largest absolute Gasteiger partial charge is 0.456 e. The summed E-state index contributed by atoms with van der Waals surface area (Å²) < 4.78 is 6.44. The number of furan rings is 1. The van der Waals surface area contributed by atoms with E-state index in [4.69, 9.17) is 40.9 Å². The van der Waals surface area contributed by atoms with Crippen LogP contribution in [0.25, 0.3) is 106 Å². The van der Waals surface area contributed by atoms with E-state index < -0.39 is 0 Å². The van der Waals surface area contributed by atoms with Crippen molar-refractivity contribution in [2.24, 2.45) is 0 Å². The highest BCUT2D eigenvalue weighted by atomic mass is 16.3. The Morgan fingerprint density at radius 3 is 1.26 bits per heavy atom. The fraction of sp³-hybridized carbons (Fsp3) is 0. The lowest BCUT2D eigenvalue weighted by Gasteiger charge is -2.10. The minimum Gasteiger partial charge on any atom is -0.456 e. The summed E-state index contributed by atoms with van der Waals surface area (Å²) >= 11 is 0. The molecule has 0 atom stereocenters. The molecule has 0 fully saturated rings. The van der Waals surface area contributed by atoms with Crippen molar-refractivity contribution in [2.75, 3.05) is 0 Å². The molecule has 3 heterocycles.